The minimum atomic E-state index is -0.208. The Balaban J connectivity index is 2.31. The van der Waals surface area contributed by atoms with Crippen molar-refractivity contribution in [2.75, 3.05) is 0 Å². The van der Waals surface area contributed by atoms with Crippen molar-refractivity contribution in [3.05, 3.63) is 64.5 Å². The van der Waals surface area contributed by atoms with E-state index in [1.165, 1.54) is 13.0 Å². The smallest absolute Gasteiger partial charge is 0.187 e. The molecule has 0 bridgehead atoms. The van der Waals surface area contributed by atoms with Gasteiger partial charge in [0.05, 0.1) is 0 Å². The number of nitrogens with zero attached hydrogens (tertiary/aromatic N) is 1. The van der Waals surface area contributed by atoms with Gasteiger partial charge in [0.25, 0.3) is 0 Å². The SMILES string of the molecule is CC(=O)c1cc(C(=O)C=Cc2ccc(O)cc2)c(C)nc1C. The topological polar surface area (TPSA) is 67.3 Å². The predicted molar refractivity (Wildman–Crippen MR) is 85.2 cm³/mol. The van der Waals surface area contributed by atoms with Crippen LogP contribution in [0.5, 0.6) is 5.75 Å². The number of rotatable bonds is 4. The molecule has 0 amide bonds. The van der Waals surface area contributed by atoms with Gasteiger partial charge < -0.3 is 5.11 Å². The third-order valence-corrected chi connectivity index (χ3v) is 3.37. The fraction of sp³-hybridized carbons (Fsp3) is 0.167. The molecular formula is C18H17NO3. The zero-order chi connectivity index (χ0) is 16.3. The maximum Gasteiger partial charge on any atom is 0.187 e. The molecule has 22 heavy (non-hydrogen) atoms. The van der Waals surface area contributed by atoms with Crippen LogP contribution in [0, 0.1) is 13.8 Å². The Morgan fingerprint density at radius 1 is 1.05 bits per heavy atom. The average molecular weight is 295 g/mol. The number of aromatic hydroxyl groups is 1. The number of aryl methyl sites for hydroxylation is 2. The molecule has 4 nitrogen and oxygen atoms in total. The molecule has 0 unspecified atom stereocenters. The van der Waals surface area contributed by atoms with Crippen LogP contribution in [0.4, 0.5) is 0 Å². The number of ketones is 2. The van der Waals surface area contributed by atoms with Gasteiger partial charge in [-0.3, -0.25) is 14.6 Å². The average Bonchev–Trinajstić information content (AvgIpc) is 2.46. The number of allylic oxidation sites excluding steroid dienone is 1. The first-order valence-electron chi connectivity index (χ1n) is 6.89. The molecule has 1 aromatic carbocycles. The number of phenolic OH excluding ortho intramolecular Hbond substituents is 1. The first kappa shape index (κ1) is 15.6. The van der Waals surface area contributed by atoms with Gasteiger partial charge in [-0.05, 0) is 50.6 Å². The van der Waals surface area contributed by atoms with Crippen molar-refractivity contribution in [1.82, 2.24) is 4.98 Å². The summed E-state index contributed by atoms with van der Waals surface area (Å²) >= 11 is 0. The minimum Gasteiger partial charge on any atom is -0.508 e. The van der Waals surface area contributed by atoms with E-state index >= 15 is 0 Å². The second-order valence-electron chi connectivity index (χ2n) is 5.10. The van der Waals surface area contributed by atoms with Crippen LogP contribution in [0.1, 0.15) is 44.6 Å². The third-order valence-electron chi connectivity index (χ3n) is 3.37. The molecule has 4 heteroatoms. The molecule has 1 heterocycles. The van der Waals surface area contributed by atoms with Crippen molar-refractivity contribution < 1.29 is 14.7 Å². The summed E-state index contributed by atoms with van der Waals surface area (Å²) < 4.78 is 0. The van der Waals surface area contributed by atoms with Gasteiger partial charge in [0.15, 0.2) is 11.6 Å². The molecule has 2 rings (SSSR count). The second kappa shape index (κ2) is 6.35. The van der Waals surface area contributed by atoms with Crippen LogP contribution in [-0.4, -0.2) is 21.7 Å². The van der Waals surface area contributed by atoms with E-state index in [9.17, 15) is 14.7 Å². The monoisotopic (exact) mass is 295 g/mol. The fourth-order valence-corrected chi connectivity index (χ4v) is 2.18. The number of hydrogen-bond donors (Lipinski definition) is 1. The summed E-state index contributed by atoms with van der Waals surface area (Å²) in [6.45, 7) is 4.96. The second-order valence-corrected chi connectivity index (χ2v) is 5.10. The maximum atomic E-state index is 12.3. The summed E-state index contributed by atoms with van der Waals surface area (Å²) in [6, 6.07) is 8.12. The largest absolute Gasteiger partial charge is 0.508 e. The lowest BCUT2D eigenvalue weighted by molar-refractivity contribution is 0.101. The Kier molecular flexibility index (Phi) is 4.51. The quantitative estimate of drug-likeness (QED) is 0.692. The van der Waals surface area contributed by atoms with Crippen molar-refractivity contribution in [1.29, 1.82) is 0 Å². The van der Waals surface area contributed by atoms with Crippen LogP contribution >= 0.6 is 0 Å². The Bertz CT molecular complexity index is 759. The third kappa shape index (κ3) is 3.47. The number of carbonyl (C=O) groups excluding carboxylic acids is 2. The summed E-state index contributed by atoms with van der Waals surface area (Å²) in [5.41, 5.74) is 2.92. The summed E-state index contributed by atoms with van der Waals surface area (Å²) in [5.74, 6) is -0.143. The molecule has 0 radical (unpaired) electrons. The van der Waals surface area contributed by atoms with Crippen molar-refractivity contribution in [3.8, 4) is 5.75 Å². The highest BCUT2D eigenvalue weighted by Gasteiger charge is 2.13. The zero-order valence-corrected chi connectivity index (χ0v) is 12.8. The summed E-state index contributed by atoms with van der Waals surface area (Å²) in [6.07, 6.45) is 3.10. The van der Waals surface area contributed by atoms with Crippen LogP contribution in [-0.2, 0) is 0 Å². The lowest BCUT2D eigenvalue weighted by Gasteiger charge is -2.07. The number of aromatic nitrogens is 1. The van der Waals surface area contributed by atoms with E-state index in [-0.39, 0.29) is 17.3 Å². The first-order valence-corrected chi connectivity index (χ1v) is 6.89. The van der Waals surface area contributed by atoms with E-state index < -0.39 is 0 Å². The van der Waals surface area contributed by atoms with Crippen LogP contribution < -0.4 is 0 Å². The van der Waals surface area contributed by atoms with Crippen molar-refractivity contribution in [2.24, 2.45) is 0 Å². The Morgan fingerprint density at radius 3 is 2.23 bits per heavy atom. The lowest BCUT2D eigenvalue weighted by atomic mass is 10.0. The number of phenols is 1. The fourth-order valence-electron chi connectivity index (χ4n) is 2.18. The molecule has 2 aromatic rings. The number of pyridine rings is 1. The van der Waals surface area contributed by atoms with Gasteiger partial charge >= 0.3 is 0 Å². The first-order chi connectivity index (χ1) is 10.4. The highest BCUT2D eigenvalue weighted by atomic mass is 16.3. The maximum absolute atomic E-state index is 12.3. The van der Waals surface area contributed by atoms with Crippen LogP contribution in [0.2, 0.25) is 0 Å². The zero-order valence-electron chi connectivity index (χ0n) is 12.8. The van der Waals surface area contributed by atoms with Gasteiger partial charge in [0.1, 0.15) is 5.75 Å². The molecule has 0 atom stereocenters. The van der Waals surface area contributed by atoms with Gasteiger partial charge in [0, 0.05) is 22.5 Å². The van der Waals surface area contributed by atoms with E-state index in [0.717, 1.165) is 5.56 Å². The molecule has 0 fully saturated rings. The van der Waals surface area contributed by atoms with Gasteiger partial charge in [-0.15, -0.1) is 0 Å². The van der Waals surface area contributed by atoms with Crippen LogP contribution in [0.25, 0.3) is 6.08 Å². The van der Waals surface area contributed by atoms with Gasteiger partial charge in [-0.1, -0.05) is 18.2 Å². The molecule has 0 aliphatic rings. The molecule has 1 N–H and O–H groups in total. The highest BCUT2D eigenvalue weighted by Crippen LogP contribution is 2.16. The molecule has 0 aliphatic heterocycles. The van der Waals surface area contributed by atoms with E-state index in [0.29, 0.717) is 22.5 Å². The standard InChI is InChI=1S/C18H17NO3/c1-11-16(13(3)20)10-17(12(2)19-11)18(22)9-6-14-4-7-15(21)8-5-14/h4-10,21H,1-3H3. The van der Waals surface area contributed by atoms with Gasteiger partial charge in [-0.25, -0.2) is 0 Å². The number of carbonyl (C=O) groups is 2. The Hall–Kier alpha value is -2.75. The molecule has 0 aliphatic carbocycles. The summed E-state index contributed by atoms with van der Waals surface area (Å²) in [5, 5.41) is 9.23. The van der Waals surface area contributed by atoms with E-state index in [4.69, 9.17) is 0 Å². The van der Waals surface area contributed by atoms with E-state index in [2.05, 4.69) is 4.98 Å². The van der Waals surface area contributed by atoms with Gasteiger partial charge in [-0.2, -0.15) is 0 Å². The van der Waals surface area contributed by atoms with Crippen LogP contribution in [0.3, 0.4) is 0 Å². The van der Waals surface area contributed by atoms with E-state index in [1.54, 1.807) is 50.3 Å². The number of hydrogen-bond acceptors (Lipinski definition) is 4. The Morgan fingerprint density at radius 2 is 1.64 bits per heavy atom. The van der Waals surface area contributed by atoms with Gasteiger partial charge in [0.2, 0.25) is 0 Å². The summed E-state index contributed by atoms with van der Waals surface area (Å²) in [7, 11) is 0. The van der Waals surface area contributed by atoms with Crippen molar-refractivity contribution in [3.63, 3.8) is 0 Å². The molecule has 0 saturated carbocycles. The number of benzene rings is 1. The molecule has 0 spiro atoms. The van der Waals surface area contributed by atoms with Crippen molar-refractivity contribution in [2.45, 2.75) is 20.8 Å². The van der Waals surface area contributed by atoms with E-state index in [1.807, 2.05) is 0 Å². The molecular weight excluding hydrogens is 278 g/mol. The normalized spacial score (nSPS) is 10.9. The van der Waals surface area contributed by atoms with Crippen molar-refractivity contribution >= 4 is 17.6 Å². The number of Topliss-reactive ketones (excluding diaryl/α,β-unsaturated/α-hetero) is 1. The van der Waals surface area contributed by atoms with Crippen LogP contribution in [0.15, 0.2) is 36.4 Å². The minimum absolute atomic E-state index is 0.110. The highest BCUT2D eigenvalue weighted by molar-refractivity contribution is 6.09. The lowest BCUT2D eigenvalue weighted by Crippen LogP contribution is -2.07. The Labute approximate surface area is 129 Å². The summed E-state index contributed by atoms with van der Waals surface area (Å²) in [4.78, 5) is 28.1. The predicted octanol–water partition coefficient (Wildman–Crippen LogP) is 3.50. The molecule has 112 valence electrons. The molecule has 0 saturated heterocycles. The molecule has 1 aromatic heterocycles.